The van der Waals surface area contributed by atoms with Crippen molar-refractivity contribution in [2.45, 2.75) is 26.1 Å². The van der Waals surface area contributed by atoms with Gasteiger partial charge in [-0.1, -0.05) is 35.0 Å². The van der Waals surface area contributed by atoms with E-state index in [-0.39, 0.29) is 6.04 Å². The third-order valence-electron chi connectivity index (χ3n) is 3.08. The number of halogens is 4. The summed E-state index contributed by atoms with van der Waals surface area (Å²) in [4.78, 5) is 4.07. The van der Waals surface area contributed by atoms with E-state index < -0.39 is 11.2 Å². The predicted molar refractivity (Wildman–Crippen MR) is 81.5 cm³/mol. The number of thiazole rings is 1. The molecule has 0 saturated heterocycles. The number of aromatic nitrogens is 1. The Hall–Kier alpha value is -0.920. The molecule has 1 N–H and O–H groups in total. The highest BCUT2D eigenvalue weighted by molar-refractivity contribution is 9.10. The second-order valence-electron chi connectivity index (χ2n) is 4.51. The molecule has 2 aromatic rings. The van der Waals surface area contributed by atoms with Crippen LogP contribution in [0.15, 0.2) is 28.9 Å². The van der Waals surface area contributed by atoms with Crippen LogP contribution in [0.2, 0.25) is 0 Å². The van der Waals surface area contributed by atoms with Crippen molar-refractivity contribution in [3.05, 3.63) is 49.9 Å². The third kappa shape index (κ3) is 3.64. The van der Waals surface area contributed by atoms with Gasteiger partial charge >= 0.3 is 6.18 Å². The minimum atomic E-state index is -4.40. The van der Waals surface area contributed by atoms with Crippen LogP contribution in [0, 0.1) is 6.92 Å². The van der Waals surface area contributed by atoms with Crippen molar-refractivity contribution in [2.24, 2.45) is 0 Å². The van der Waals surface area contributed by atoms with Crippen molar-refractivity contribution in [3.8, 4) is 0 Å². The Balaban J connectivity index is 2.44. The molecule has 0 spiro atoms. The molecule has 21 heavy (non-hydrogen) atoms. The molecule has 7 heteroatoms. The maximum atomic E-state index is 12.7. The maximum absolute atomic E-state index is 12.7. The lowest BCUT2D eigenvalue weighted by molar-refractivity contribution is -0.137. The fourth-order valence-electron chi connectivity index (χ4n) is 2.06. The highest BCUT2D eigenvalue weighted by Gasteiger charge is 2.35. The van der Waals surface area contributed by atoms with Crippen molar-refractivity contribution in [3.63, 3.8) is 0 Å². The monoisotopic (exact) mass is 378 g/mol. The second-order valence-corrected chi connectivity index (χ2v) is 6.43. The van der Waals surface area contributed by atoms with Crippen LogP contribution < -0.4 is 5.32 Å². The second kappa shape index (κ2) is 6.46. The smallest absolute Gasteiger partial charge is 0.306 e. The highest BCUT2D eigenvalue weighted by atomic mass is 79.9. The molecule has 0 fully saturated rings. The molecular formula is C14H14BrF3N2S. The standard InChI is InChI=1S/C14H14BrF3N2S/c1-3-19-12(9-5-4-6-10(15)8(9)2)11-7-20-13(21-11)14(16,17)18/h4-7,12,19H,3H2,1-2H3. The molecule has 1 aromatic carbocycles. The van der Waals surface area contributed by atoms with Gasteiger partial charge < -0.3 is 5.32 Å². The minimum Gasteiger partial charge on any atom is -0.306 e. The topological polar surface area (TPSA) is 24.9 Å². The summed E-state index contributed by atoms with van der Waals surface area (Å²) in [6.07, 6.45) is -3.09. The molecule has 0 bridgehead atoms. The molecular weight excluding hydrogens is 365 g/mol. The minimum absolute atomic E-state index is 0.291. The van der Waals surface area contributed by atoms with E-state index in [1.807, 2.05) is 32.0 Å². The summed E-state index contributed by atoms with van der Waals surface area (Å²) in [5.74, 6) is 0. The number of nitrogens with zero attached hydrogens (tertiary/aromatic N) is 1. The largest absolute Gasteiger partial charge is 0.443 e. The molecule has 1 aromatic heterocycles. The van der Waals surface area contributed by atoms with Gasteiger partial charge in [-0.05, 0) is 30.7 Å². The van der Waals surface area contributed by atoms with Crippen LogP contribution in [0.5, 0.6) is 0 Å². The lowest BCUT2D eigenvalue weighted by atomic mass is 10.0. The lowest BCUT2D eigenvalue weighted by Gasteiger charge is -2.19. The van der Waals surface area contributed by atoms with Crippen LogP contribution in [0.1, 0.15) is 34.0 Å². The number of hydrogen-bond donors (Lipinski definition) is 1. The molecule has 2 rings (SSSR count). The van der Waals surface area contributed by atoms with Crippen molar-refractivity contribution in [1.82, 2.24) is 10.3 Å². The fourth-order valence-corrected chi connectivity index (χ4v) is 3.32. The molecule has 1 atom stereocenters. The van der Waals surface area contributed by atoms with Crippen molar-refractivity contribution >= 4 is 27.3 Å². The van der Waals surface area contributed by atoms with Gasteiger partial charge in [-0.25, -0.2) is 4.98 Å². The average Bonchev–Trinajstić information content (AvgIpc) is 2.89. The molecule has 0 aliphatic heterocycles. The van der Waals surface area contributed by atoms with Gasteiger partial charge in [-0.15, -0.1) is 11.3 Å². The van der Waals surface area contributed by atoms with E-state index in [2.05, 4.69) is 26.2 Å². The Bertz CT molecular complexity index is 625. The van der Waals surface area contributed by atoms with Gasteiger partial charge in [0.25, 0.3) is 0 Å². The first-order valence-electron chi connectivity index (χ1n) is 6.36. The zero-order chi connectivity index (χ0) is 15.6. The SMILES string of the molecule is CCNC(c1cnc(C(F)(F)F)s1)c1cccc(Br)c1C. The summed E-state index contributed by atoms with van der Waals surface area (Å²) in [6.45, 7) is 4.51. The van der Waals surface area contributed by atoms with Gasteiger partial charge in [0.2, 0.25) is 0 Å². The highest BCUT2D eigenvalue weighted by Crippen LogP contribution is 2.37. The van der Waals surface area contributed by atoms with Crippen LogP contribution in [-0.4, -0.2) is 11.5 Å². The number of alkyl halides is 3. The van der Waals surface area contributed by atoms with E-state index in [9.17, 15) is 13.2 Å². The molecule has 0 radical (unpaired) electrons. The van der Waals surface area contributed by atoms with Crippen LogP contribution in [0.3, 0.4) is 0 Å². The third-order valence-corrected chi connectivity index (χ3v) is 5.05. The summed E-state index contributed by atoms with van der Waals surface area (Å²) in [6, 6.07) is 5.42. The number of rotatable bonds is 4. The predicted octanol–water partition coefficient (Wildman–Crippen LogP) is 4.93. The quantitative estimate of drug-likeness (QED) is 0.815. The molecule has 1 unspecified atom stereocenters. The lowest BCUT2D eigenvalue weighted by Crippen LogP contribution is -2.22. The van der Waals surface area contributed by atoms with E-state index in [1.165, 1.54) is 6.20 Å². The van der Waals surface area contributed by atoms with Crippen molar-refractivity contribution in [2.75, 3.05) is 6.54 Å². The number of nitrogens with one attached hydrogen (secondary N) is 1. The summed E-state index contributed by atoms with van der Waals surface area (Å²) < 4.78 is 39.1. The summed E-state index contributed by atoms with van der Waals surface area (Å²) >= 11 is 4.14. The van der Waals surface area contributed by atoms with E-state index in [0.717, 1.165) is 15.6 Å². The molecule has 114 valence electrons. The Morgan fingerprint density at radius 1 is 1.38 bits per heavy atom. The van der Waals surface area contributed by atoms with Gasteiger partial charge in [-0.3, -0.25) is 0 Å². The molecule has 0 aliphatic carbocycles. The first-order chi connectivity index (χ1) is 9.84. The van der Waals surface area contributed by atoms with Crippen molar-refractivity contribution < 1.29 is 13.2 Å². The molecule has 1 heterocycles. The average molecular weight is 379 g/mol. The van der Waals surface area contributed by atoms with Gasteiger partial charge in [0.05, 0.1) is 6.04 Å². The number of benzene rings is 1. The van der Waals surface area contributed by atoms with Gasteiger partial charge in [-0.2, -0.15) is 13.2 Å². The first-order valence-corrected chi connectivity index (χ1v) is 7.96. The Morgan fingerprint density at radius 3 is 2.67 bits per heavy atom. The fraction of sp³-hybridized carbons (Fsp3) is 0.357. The molecule has 0 saturated carbocycles. The Morgan fingerprint density at radius 2 is 2.10 bits per heavy atom. The van der Waals surface area contributed by atoms with Crippen LogP contribution in [0.4, 0.5) is 13.2 Å². The number of hydrogen-bond acceptors (Lipinski definition) is 3. The van der Waals surface area contributed by atoms with Crippen LogP contribution >= 0.6 is 27.3 Å². The molecule has 0 amide bonds. The first kappa shape index (κ1) is 16.5. The van der Waals surface area contributed by atoms with Crippen LogP contribution in [0.25, 0.3) is 0 Å². The van der Waals surface area contributed by atoms with E-state index in [4.69, 9.17) is 0 Å². The molecule has 2 nitrogen and oxygen atoms in total. The Kier molecular flexibility index (Phi) is 5.06. The van der Waals surface area contributed by atoms with Gasteiger partial charge in [0.1, 0.15) is 0 Å². The van der Waals surface area contributed by atoms with E-state index >= 15 is 0 Å². The van der Waals surface area contributed by atoms with Gasteiger partial charge in [0.15, 0.2) is 5.01 Å². The zero-order valence-corrected chi connectivity index (χ0v) is 13.9. The Labute approximate surface area is 133 Å². The van der Waals surface area contributed by atoms with E-state index in [1.54, 1.807) is 0 Å². The zero-order valence-electron chi connectivity index (χ0n) is 11.5. The van der Waals surface area contributed by atoms with E-state index in [0.29, 0.717) is 22.8 Å². The maximum Gasteiger partial charge on any atom is 0.443 e. The molecule has 0 aliphatic rings. The van der Waals surface area contributed by atoms with Crippen molar-refractivity contribution in [1.29, 1.82) is 0 Å². The van der Waals surface area contributed by atoms with Gasteiger partial charge in [0, 0.05) is 15.5 Å². The summed E-state index contributed by atoms with van der Waals surface area (Å²) in [5.41, 5.74) is 1.95. The normalized spacial score (nSPS) is 13.4. The summed E-state index contributed by atoms with van der Waals surface area (Å²) in [7, 11) is 0. The summed E-state index contributed by atoms with van der Waals surface area (Å²) in [5, 5.41) is 2.42. The van der Waals surface area contributed by atoms with Crippen LogP contribution in [-0.2, 0) is 6.18 Å².